The van der Waals surface area contributed by atoms with Crippen molar-refractivity contribution < 1.29 is 18.0 Å². The van der Waals surface area contributed by atoms with Crippen LogP contribution in [0.1, 0.15) is 27.8 Å². The van der Waals surface area contributed by atoms with Crippen LogP contribution in [0.5, 0.6) is 0 Å². The summed E-state index contributed by atoms with van der Waals surface area (Å²) in [5.74, 6) is 6.46. The number of nitrogens with one attached hydrogen (secondary N) is 2. The minimum Gasteiger partial charge on any atom is -0.373 e. The van der Waals surface area contributed by atoms with Gasteiger partial charge >= 0.3 is 6.18 Å². The number of carbonyl (C=O) groups is 1. The van der Waals surface area contributed by atoms with Crippen molar-refractivity contribution in [2.24, 2.45) is 0 Å². The Labute approximate surface area is 220 Å². The summed E-state index contributed by atoms with van der Waals surface area (Å²) < 4.78 is 41.4. The summed E-state index contributed by atoms with van der Waals surface area (Å²) in [6, 6.07) is 14.9. The van der Waals surface area contributed by atoms with E-state index < -0.39 is 11.7 Å². The van der Waals surface area contributed by atoms with E-state index in [-0.39, 0.29) is 30.1 Å². The fourth-order valence-corrected chi connectivity index (χ4v) is 4.16. The minimum atomic E-state index is -4.51. The van der Waals surface area contributed by atoms with Crippen LogP contribution in [0, 0.1) is 11.8 Å². The zero-order valence-corrected chi connectivity index (χ0v) is 21.4. The molecule has 0 unspecified atom stereocenters. The molecule has 0 aliphatic carbocycles. The van der Waals surface area contributed by atoms with Gasteiger partial charge in [0.2, 0.25) is 5.91 Å². The fourth-order valence-electron chi connectivity index (χ4n) is 4.16. The summed E-state index contributed by atoms with van der Waals surface area (Å²) in [6.45, 7) is 3.32. The maximum atomic E-state index is 13.8. The first-order chi connectivity index (χ1) is 18.2. The normalized spacial score (nSPS) is 14.4. The summed E-state index contributed by atoms with van der Waals surface area (Å²) in [5.41, 5.74) is 1.91. The number of alkyl halides is 3. The lowest BCUT2D eigenvalue weighted by molar-refractivity contribution is -0.138. The van der Waals surface area contributed by atoms with Crippen LogP contribution in [0.2, 0.25) is 0 Å². The Kier molecular flexibility index (Phi) is 8.66. The highest BCUT2D eigenvalue weighted by atomic mass is 19.4. The lowest BCUT2D eigenvalue weighted by atomic mass is 10.0. The molecule has 2 heterocycles. The zero-order chi connectivity index (χ0) is 27.1. The highest BCUT2D eigenvalue weighted by Gasteiger charge is 2.34. The van der Waals surface area contributed by atoms with Gasteiger partial charge in [0.1, 0.15) is 5.82 Å². The SMILES string of the molecule is CNc1ccc(C#Cc2ccc(CC(=O)Nc3ccc(CN4CCN(C)CC4)c(C(F)(F)F)c3)cc2)cn1. The predicted octanol–water partition coefficient (Wildman–Crippen LogP) is 4.47. The van der Waals surface area contributed by atoms with E-state index in [9.17, 15) is 18.0 Å². The lowest BCUT2D eigenvalue weighted by Crippen LogP contribution is -2.44. The topological polar surface area (TPSA) is 60.5 Å². The monoisotopic (exact) mass is 521 g/mol. The van der Waals surface area contributed by atoms with E-state index in [0.29, 0.717) is 0 Å². The number of aromatic nitrogens is 1. The van der Waals surface area contributed by atoms with E-state index in [1.165, 1.54) is 12.1 Å². The number of anilines is 2. The second kappa shape index (κ2) is 12.1. The van der Waals surface area contributed by atoms with Gasteiger partial charge in [0, 0.05) is 62.8 Å². The summed E-state index contributed by atoms with van der Waals surface area (Å²) in [4.78, 5) is 21.0. The zero-order valence-electron chi connectivity index (χ0n) is 21.4. The number of hydrogen-bond donors (Lipinski definition) is 2. The second-order valence-electron chi connectivity index (χ2n) is 9.30. The molecule has 1 aliphatic heterocycles. The Morgan fingerprint density at radius 3 is 2.29 bits per heavy atom. The first-order valence-corrected chi connectivity index (χ1v) is 12.4. The summed E-state index contributed by atoms with van der Waals surface area (Å²) in [5, 5.41) is 5.56. The molecule has 1 aliphatic rings. The maximum Gasteiger partial charge on any atom is 0.416 e. The van der Waals surface area contributed by atoms with Gasteiger partial charge in [-0.05, 0) is 54.6 Å². The van der Waals surface area contributed by atoms with Crippen LogP contribution in [-0.4, -0.2) is 61.0 Å². The fraction of sp³-hybridized carbons (Fsp3) is 0.310. The summed E-state index contributed by atoms with van der Waals surface area (Å²) >= 11 is 0. The van der Waals surface area contributed by atoms with Crippen LogP contribution in [0.4, 0.5) is 24.7 Å². The Balaban J connectivity index is 1.37. The van der Waals surface area contributed by atoms with E-state index in [2.05, 4.69) is 32.4 Å². The number of pyridine rings is 1. The Morgan fingerprint density at radius 1 is 0.974 bits per heavy atom. The van der Waals surface area contributed by atoms with Crippen LogP contribution in [0.25, 0.3) is 0 Å². The van der Waals surface area contributed by atoms with Gasteiger partial charge in [0.05, 0.1) is 12.0 Å². The Bertz CT molecular complexity index is 1300. The van der Waals surface area contributed by atoms with Crippen molar-refractivity contribution >= 4 is 17.4 Å². The molecule has 1 fully saturated rings. The largest absolute Gasteiger partial charge is 0.416 e. The van der Waals surface area contributed by atoms with Gasteiger partial charge < -0.3 is 15.5 Å². The molecule has 3 aromatic rings. The first-order valence-electron chi connectivity index (χ1n) is 12.4. The number of carbonyl (C=O) groups excluding carboxylic acids is 1. The van der Waals surface area contributed by atoms with Gasteiger partial charge in [0.15, 0.2) is 0 Å². The van der Waals surface area contributed by atoms with Crippen molar-refractivity contribution in [2.45, 2.75) is 19.1 Å². The van der Waals surface area contributed by atoms with Gasteiger partial charge in [-0.1, -0.05) is 30.0 Å². The van der Waals surface area contributed by atoms with Crippen molar-refractivity contribution in [3.63, 3.8) is 0 Å². The van der Waals surface area contributed by atoms with Crippen LogP contribution in [0.15, 0.2) is 60.8 Å². The molecule has 0 bridgehead atoms. The summed E-state index contributed by atoms with van der Waals surface area (Å²) in [7, 11) is 3.80. The minimum absolute atomic E-state index is 0.0352. The number of likely N-dealkylation sites (N-methyl/N-ethyl adjacent to an activating group) is 1. The molecule has 38 heavy (non-hydrogen) atoms. The van der Waals surface area contributed by atoms with E-state index in [0.717, 1.165) is 54.8 Å². The van der Waals surface area contributed by atoms with E-state index in [4.69, 9.17) is 0 Å². The third-order valence-electron chi connectivity index (χ3n) is 6.38. The standard InChI is InChI=1S/C29H30F3N5O/c1-33-27-12-9-23(19-34-27)8-5-21-3-6-22(7-4-21)17-28(38)35-25-11-10-24(26(18-25)29(30,31)32)20-37-15-13-36(2)14-16-37/h3-4,6-7,9-12,18-19H,13-17,20H2,1-2H3,(H,33,34)(H,35,38). The van der Waals surface area contributed by atoms with Crippen molar-refractivity contribution in [3.8, 4) is 11.8 Å². The average molecular weight is 522 g/mol. The highest BCUT2D eigenvalue weighted by molar-refractivity contribution is 5.92. The molecule has 4 rings (SSSR count). The van der Waals surface area contributed by atoms with Gasteiger partial charge in [-0.3, -0.25) is 9.69 Å². The molecule has 0 atom stereocenters. The van der Waals surface area contributed by atoms with Crippen LogP contribution in [0.3, 0.4) is 0 Å². The quantitative estimate of drug-likeness (QED) is 0.469. The molecule has 0 radical (unpaired) electrons. The Hall–Kier alpha value is -3.87. The van der Waals surface area contributed by atoms with Crippen LogP contribution < -0.4 is 10.6 Å². The third-order valence-corrected chi connectivity index (χ3v) is 6.38. The number of amides is 1. The van der Waals surface area contributed by atoms with Crippen molar-refractivity contribution in [2.75, 3.05) is 50.9 Å². The molecule has 0 spiro atoms. The molecule has 2 aromatic carbocycles. The van der Waals surface area contributed by atoms with Gasteiger partial charge in [0.25, 0.3) is 0 Å². The smallest absolute Gasteiger partial charge is 0.373 e. The predicted molar refractivity (Wildman–Crippen MR) is 143 cm³/mol. The van der Waals surface area contributed by atoms with Gasteiger partial charge in [-0.2, -0.15) is 13.2 Å². The van der Waals surface area contributed by atoms with E-state index in [1.54, 1.807) is 37.5 Å². The number of halogens is 3. The molecule has 6 nitrogen and oxygen atoms in total. The molecule has 198 valence electrons. The van der Waals surface area contributed by atoms with E-state index >= 15 is 0 Å². The van der Waals surface area contributed by atoms with Crippen LogP contribution >= 0.6 is 0 Å². The third kappa shape index (κ3) is 7.57. The number of benzene rings is 2. The average Bonchev–Trinajstić information content (AvgIpc) is 2.90. The molecule has 9 heteroatoms. The number of rotatable bonds is 6. The summed E-state index contributed by atoms with van der Waals surface area (Å²) in [6.07, 6.45) is -2.79. The first kappa shape index (κ1) is 27.2. The van der Waals surface area contributed by atoms with Crippen molar-refractivity contribution in [3.05, 3.63) is 88.6 Å². The maximum absolute atomic E-state index is 13.8. The van der Waals surface area contributed by atoms with Crippen molar-refractivity contribution in [1.82, 2.24) is 14.8 Å². The molecule has 1 amide bonds. The van der Waals surface area contributed by atoms with Crippen molar-refractivity contribution in [1.29, 1.82) is 0 Å². The number of hydrogen-bond acceptors (Lipinski definition) is 5. The molecular formula is C29H30F3N5O. The number of piperazine rings is 1. The lowest BCUT2D eigenvalue weighted by Gasteiger charge is -2.33. The highest BCUT2D eigenvalue weighted by Crippen LogP contribution is 2.34. The molecule has 1 saturated heterocycles. The molecular weight excluding hydrogens is 491 g/mol. The van der Waals surface area contributed by atoms with Gasteiger partial charge in [-0.25, -0.2) is 4.98 Å². The van der Waals surface area contributed by atoms with Gasteiger partial charge in [-0.15, -0.1) is 0 Å². The molecule has 2 N–H and O–H groups in total. The number of nitrogens with zero attached hydrogens (tertiary/aromatic N) is 3. The molecule has 1 aromatic heterocycles. The molecule has 0 saturated carbocycles. The van der Waals surface area contributed by atoms with E-state index in [1.807, 2.05) is 24.1 Å². The Morgan fingerprint density at radius 2 is 1.66 bits per heavy atom. The van der Waals surface area contributed by atoms with Crippen LogP contribution in [-0.2, 0) is 23.9 Å². The second-order valence-corrected chi connectivity index (χ2v) is 9.30.